The molecule has 2 aromatic rings. The van der Waals surface area contributed by atoms with Crippen molar-refractivity contribution in [3.63, 3.8) is 0 Å². The largest absolute Gasteiger partial charge is 0.497 e. The van der Waals surface area contributed by atoms with Gasteiger partial charge in [-0.1, -0.05) is 19.1 Å². The van der Waals surface area contributed by atoms with Gasteiger partial charge in [-0.15, -0.1) is 0 Å². The van der Waals surface area contributed by atoms with Gasteiger partial charge in [-0.05, 0) is 36.2 Å². The van der Waals surface area contributed by atoms with E-state index < -0.39 is 14.9 Å². The number of benzene rings is 2. The molecular weight excluding hydrogens is 344 g/mol. The summed E-state index contributed by atoms with van der Waals surface area (Å²) in [7, 11) is -2.17. The highest BCUT2D eigenvalue weighted by atomic mass is 32.2. The predicted molar refractivity (Wildman–Crippen MR) is 94.0 cm³/mol. The minimum atomic E-state index is -3.74. The highest BCUT2D eigenvalue weighted by Gasteiger charge is 2.24. The molecule has 0 aliphatic carbocycles. The average Bonchev–Trinajstić information content (AvgIpc) is 2.62. The highest BCUT2D eigenvalue weighted by Crippen LogP contribution is 2.22. The summed E-state index contributed by atoms with van der Waals surface area (Å²) in [6.45, 7) is 2.47. The summed E-state index contributed by atoms with van der Waals surface area (Å²) in [6, 6.07) is 12.1. The molecule has 0 unspecified atom stereocenters. The first kappa shape index (κ1) is 18.9. The number of nitro groups is 1. The Hall–Kier alpha value is -2.45. The summed E-state index contributed by atoms with van der Waals surface area (Å²) in [5.74, 6) is 0.698. The van der Waals surface area contributed by atoms with E-state index >= 15 is 0 Å². The van der Waals surface area contributed by atoms with Crippen LogP contribution in [0.25, 0.3) is 0 Å². The smallest absolute Gasteiger partial charge is 0.269 e. The van der Waals surface area contributed by atoms with E-state index in [0.717, 1.165) is 5.56 Å². The molecule has 0 N–H and O–H groups in total. The summed E-state index contributed by atoms with van der Waals surface area (Å²) in [5, 5.41) is 10.7. The lowest BCUT2D eigenvalue weighted by atomic mass is 10.2. The van der Waals surface area contributed by atoms with Crippen molar-refractivity contribution in [3.8, 4) is 5.75 Å². The Bertz CT molecular complexity index is 817. The van der Waals surface area contributed by atoms with E-state index in [1.165, 1.54) is 28.6 Å². The summed E-state index contributed by atoms with van der Waals surface area (Å²) in [6.07, 6.45) is 0.655. The molecule has 2 aromatic carbocycles. The number of hydrogen-bond acceptors (Lipinski definition) is 5. The van der Waals surface area contributed by atoms with Crippen LogP contribution >= 0.6 is 0 Å². The summed E-state index contributed by atoms with van der Waals surface area (Å²) < 4.78 is 32.2. The van der Waals surface area contributed by atoms with Crippen LogP contribution in [0.3, 0.4) is 0 Å². The lowest BCUT2D eigenvalue weighted by Gasteiger charge is -2.22. The Kier molecular flexibility index (Phi) is 6.11. The maximum atomic E-state index is 12.9. The number of hydrogen-bond donors (Lipinski definition) is 0. The van der Waals surface area contributed by atoms with E-state index in [1.54, 1.807) is 19.2 Å². The number of nitrogens with zero attached hydrogens (tertiary/aromatic N) is 2. The molecule has 134 valence electrons. The zero-order chi connectivity index (χ0) is 18.4. The lowest BCUT2D eigenvalue weighted by Crippen LogP contribution is -2.31. The van der Waals surface area contributed by atoms with Gasteiger partial charge in [0.05, 0.1) is 16.9 Å². The Labute approximate surface area is 147 Å². The van der Waals surface area contributed by atoms with E-state index in [0.29, 0.717) is 18.7 Å². The third kappa shape index (κ3) is 4.55. The van der Waals surface area contributed by atoms with Crippen molar-refractivity contribution < 1.29 is 18.1 Å². The molecule has 0 heterocycles. The Morgan fingerprint density at radius 3 is 2.16 bits per heavy atom. The van der Waals surface area contributed by atoms with Crippen molar-refractivity contribution in [2.24, 2.45) is 0 Å². The second-order valence-corrected chi connectivity index (χ2v) is 7.38. The van der Waals surface area contributed by atoms with E-state index in [2.05, 4.69) is 0 Å². The van der Waals surface area contributed by atoms with Crippen LogP contribution in [0.5, 0.6) is 5.75 Å². The Morgan fingerprint density at radius 1 is 1.08 bits per heavy atom. The van der Waals surface area contributed by atoms with Gasteiger partial charge in [0.2, 0.25) is 10.0 Å². The minimum Gasteiger partial charge on any atom is -0.497 e. The molecule has 8 heteroatoms. The first-order valence-corrected chi connectivity index (χ1v) is 9.20. The molecule has 0 atom stereocenters. The van der Waals surface area contributed by atoms with Gasteiger partial charge in [0.25, 0.3) is 5.69 Å². The first-order chi connectivity index (χ1) is 11.9. The Morgan fingerprint density at radius 2 is 1.68 bits per heavy atom. The molecule has 2 rings (SSSR count). The average molecular weight is 364 g/mol. The van der Waals surface area contributed by atoms with Crippen molar-refractivity contribution in [2.45, 2.75) is 24.8 Å². The zero-order valence-electron chi connectivity index (χ0n) is 14.1. The number of sulfonamides is 1. The van der Waals surface area contributed by atoms with Crippen LogP contribution in [0.1, 0.15) is 18.9 Å². The molecule has 0 fully saturated rings. The number of non-ortho nitro benzene ring substituents is 1. The molecule has 25 heavy (non-hydrogen) atoms. The molecular formula is C17H20N2O5S. The lowest BCUT2D eigenvalue weighted by molar-refractivity contribution is -0.384. The fourth-order valence-electron chi connectivity index (χ4n) is 2.36. The molecule has 0 aliphatic rings. The minimum absolute atomic E-state index is 0.0417. The third-order valence-electron chi connectivity index (χ3n) is 3.68. The van der Waals surface area contributed by atoms with Crippen molar-refractivity contribution in [1.82, 2.24) is 4.31 Å². The molecule has 0 saturated carbocycles. The number of ether oxygens (including phenoxy) is 1. The molecule has 0 spiro atoms. The van der Waals surface area contributed by atoms with Crippen molar-refractivity contribution in [3.05, 3.63) is 64.2 Å². The van der Waals surface area contributed by atoms with Crippen LogP contribution in [0.2, 0.25) is 0 Å². The van der Waals surface area contributed by atoms with Gasteiger partial charge >= 0.3 is 0 Å². The van der Waals surface area contributed by atoms with Crippen molar-refractivity contribution in [2.75, 3.05) is 13.7 Å². The van der Waals surface area contributed by atoms with Crippen LogP contribution < -0.4 is 4.74 Å². The van der Waals surface area contributed by atoms with Gasteiger partial charge in [0, 0.05) is 25.2 Å². The maximum Gasteiger partial charge on any atom is 0.269 e. The zero-order valence-corrected chi connectivity index (χ0v) is 14.9. The number of nitro benzene ring substituents is 1. The van der Waals surface area contributed by atoms with Gasteiger partial charge < -0.3 is 4.74 Å². The monoisotopic (exact) mass is 364 g/mol. The topological polar surface area (TPSA) is 89.8 Å². The SMILES string of the molecule is CCCN(Cc1ccc(OC)cc1)S(=O)(=O)c1ccc([N+](=O)[O-])cc1. The van der Waals surface area contributed by atoms with E-state index in [1.807, 2.05) is 19.1 Å². The predicted octanol–water partition coefficient (Wildman–Crippen LogP) is 3.20. The number of rotatable bonds is 8. The van der Waals surface area contributed by atoms with E-state index in [9.17, 15) is 18.5 Å². The van der Waals surface area contributed by atoms with Gasteiger partial charge in [-0.2, -0.15) is 4.31 Å². The quantitative estimate of drug-likeness (QED) is 0.530. The van der Waals surface area contributed by atoms with Crippen LogP contribution in [0, 0.1) is 10.1 Å². The normalized spacial score (nSPS) is 11.5. The summed E-state index contributed by atoms with van der Waals surface area (Å²) >= 11 is 0. The van der Waals surface area contributed by atoms with Crippen LogP contribution in [-0.4, -0.2) is 31.3 Å². The maximum absolute atomic E-state index is 12.9. The summed E-state index contributed by atoms with van der Waals surface area (Å²) in [5.41, 5.74) is 0.691. The third-order valence-corrected chi connectivity index (χ3v) is 5.54. The standard InChI is InChI=1S/C17H20N2O5S/c1-3-12-18(13-14-4-8-16(24-2)9-5-14)25(22,23)17-10-6-15(7-11-17)19(20)21/h4-11H,3,12-13H2,1-2H3. The van der Waals surface area contributed by atoms with Crippen LogP contribution in [0.15, 0.2) is 53.4 Å². The van der Waals surface area contributed by atoms with E-state index in [-0.39, 0.29) is 17.1 Å². The van der Waals surface area contributed by atoms with Gasteiger partial charge in [-0.3, -0.25) is 10.1 Å². The van der Waals surface area contributed by atoms with Crippen LogP contribution in [-0.2, 0) is 16.6 Å². The molecule has 0 saturated heterocycles. The van der Waals surface area contributed by atoms with Gasteiger partial charge in [0.15, 0.2) is 0 Å². The van der Waals surface area contributed by atoms with Gasteiger partial charge in [-0.25, -0.2) is 8.42 Å². The molecule has 0 amide bonds. The Balaban J connectivity index is 2.28. The number of methoxy groups -OCH3 is 1. The second-order valence-electron chi connectivity index (χ2n) is 5.44. The van der Waals surface area contributed by atoms with Crippen molar-refractivity contribution >= 4 is 15.7 Å². The summed E-state index contributed by atoms with van der Waals surface area (Å²) in [4.78, 5) is 10.2. The van der Waals surface area contributed by atoms with Crippen LogP contribution in [0.4, 0.5) is 5.69 Å². The van der Waals surface area contributed by atoms with Gasteiger partial charge in [0.1, 0.15) is 5.75 Å². The van der Waals surface area contributed by atoms with Crippen molar-refractivity contribution in [1.29, 1.82) is 0 Å². The molecule has 7 nitrogen and oxygen atoms in total. The molecule has 0 aromatic heterocycles. The van der Waals surface area contributed by atoms with E-state index in [4.69, 9.17) is 4.74 Å². The highest BCUT2D eigenvalue weighted by molar-refractivity contribution is 7.89. The second kappa shape index (κ2) is 8.09. The fraction of sp³-hybridized carbons (Fsp3) is 0.294. The first-order valence-electron chi connectivity index (χ1n) is 7.76. The fourth-order valence-corrected chi connectivity index (χ4v) is 3.88. The molecule has 0 radical (unpaired) electrons. The molecule has 0 aliphatic heterocycles. The molecule has 0 bridgehead atoms.